The Kier molecular flexibility index (Phi) is 5.45. The number of aliphatic hydroxyl groups excluding tert-OH is 2. The van der Waals surface area contributed by atoms with Crippen molar-refractivity contribution in [1.29, 1.82) is 0 Å². The molecule has 2 unspecified atom stereocenters. The van der Waals surface area contributed by atoms with Crippen LogP contribution in [0.3, 0.4) is 0 Å². The Labute approximate surface area is 154 Å². The summed E-state index contributed by atoms with van der Waals surface area (Å²) in [6.07, 6.45) is 5.39. The third kappa shape index (κ3) is 3.31. The highest BCUT2D eigenvalue weighted by atomic mass is 32.1. The summed E-state index contributed by atoms with van der Waals surface area (Å²) >= 11 is 1.65. The molecule has 2 aromatic rings. The Morgan fingerprint density at radius 1 is 1.12 bits per heavy atom. The Balaban J connectivity index is 2.09. The van der Waals surface area contributed by atoms with E-state index in [0.717, 1.165) is 42.4 Å². The molecular weight excluding hydrogens is 328 g/mol. The lowest BCUT2D eigenvalue weighted by Crippen LogP contribution is -2.41. The first kappa shape index (κ1) is 18.0. The van der Waals surface area contributed by atoms with Gasteiger partial charge in [0.15, 0.2) is 0 Å². The van der Waals surface area contributed by atoms with Crippen LogP contribution in [-0.4, -0.2) is 16.3 Å². The van der Waals surface area contributed by atoms with Crippen LogP contribution in [0.2, 0.25) is 0 Å². The van der Waals surface area contributed by atoms with Gasteiger partial charge in [0.05, 0.1) is 6.10 Å². The summed E-state index contributed by atoms with van der Waals surface area (Å²) in [7, 11) is 0. The molecule has 0 saturated carbocycles. The fourth-order valence-electron chi connectivity index (χ4n) is 3.72. The highest BCUT2D eigenvalue weighted by Crippen LogP contribution is 2.47. The average Bonchev–Trinajstić information content (AvgIpc) is 3.15. The van der Waals surface area contributed by atoms with E-state index in [1.807, 2.05) is 36.4 Å². The molecule has 132 valence electrons. The summed E-state index contributed by atoms with van der Waals surface area (Å²) in [4.78, 5) is 0. The molecule has 2 atom stereocenters. The summed E-state index contributed by atoms with van der Waals surface area (Å²) < 4.78 is 0. The van der Waals surface area contributed by atoms with Gasteiger partial charge in [-0.15, -0.1) is 0 Å². The number of allylic oxidation sites excluding steroid dienone is 1. The summed E-state index contributed by atoms with van der Waals surface area (Å²) in [5, 5.41) is 26.2. The first-order chi connectivity index (χ1) is 12.1. The molecule has 0 spiro atoms. The van der Waals surface area contributed by atoms with Gasteiger partial charge < -0.3 is 10.2 Å². The molecule has 1 aliphatic rings. The minimum absolute atomic E-state index is 0.193. The van der Waals surface area contributed by atoms with Gasteiger partial charge in [-0.2, -0.15) is 11.3 Å². The van der Waals surface area contributed by atoms with Gasteiger partial charge in [0.1, 0.15) is 5.76 Å². The second-order valence-corrected chi connectivity index (χ2v) is 7.69. The van der Waals surface area contributed by atoms with E-state index >= 15 is 0 Å². The zero-order valence-electron chi connectivity index (χ0n) is 14.9. The number of thiophene rings is 1. The van der Waals surface area contributed by atoms with Gasteiger partial charge >= 0.3 is 0 Å². The van der Waals surface area contributed by atoms with E-state index < -0.39 is 11.5 Å². The lowest BCUT2D eigenvalue weighted by molar-refractivity contribution is 0.154. The van der Waals surface area contributed by atoms with E-state index in [9.17, 15) is 10.2 Å². The van der Waals surface area contributed by atoms with Crippen LogP contribution in [0.1, 0.15) is 50.7 Å². The lowest BCUT2D eigenvalue weighted by Gasteiger charge is -2.41. The highest BCUT2D eigenvalue weighted by Gasteiger charge is 2.44. The average molecular weight is 355 g/mol. The lowest BCUT2D eigenvalue weighted by atomic mass is 9.65. The van der Waals surface area contributed by atoms with E-state index in [-0.39, 0.29) is 5.76 Å². The Bertz CT molecular complexity index is 759. The maximum Gasteiger partial charge on any atom is 0.122 e. The van der Waals surface area contributed by atoms with Crippen LogP contribution < -0.4 is 0 Å². The molecule has 0 saturated heterocycles. The largest absolute Gasteiger partial charge is 0.508 e. The molecule has 0 bridgehead atoms. The minimum atomic E-state index is -0.772. The second-order valence-electron chi connectivity index (χ2n) is 6.91. The molecule has 25 heavy (non-hydrogen) atoms. The first-order valence-corrected chi connectivity index (χ1v) is 9.93. The molecule has 0 radical (unpaired) electrons. The maximum absolute atomic E-state index is 11.4. The monoisotopic (exact) mass is 354 g/mol. The fourth-order valence-corrected chi connectivity index (χ4v) is 4.49. The molecule has 2 N–H and O–H groups in total. The standard InChI is InChI=1S/C22H26O2S/c1-3-4-6-11-17-14-19(23)20(16-9-7-5-8-10-16)21(24)22(17,2)18-12-13-25-15-18/h5,7-10,12-15,21,23-24H,3-4,6,11H2,1-2H3. The number of rotatable bonds is 6. The molecule has 1 aliphatic carbocycles. The zero-order chi connectivity index (χ0) is 17.9. The summed E-state index contributed by atoms with van der Waals surface area (Å²) in [5.74, 6) is 0.193. The summed E-state index contributed by atoms with van der Waals surface area (Å²) in [6.45, 7) is 4.29. The number of hydrogen-bond acceptors (Lipinski definition) is 3. The highest BCUT2D eigenvalue weighted by molar-refractivity contribution is 7.08. The van der Waals surface area contributed by atoms with Crippen molar-refractivity contribution >= 4 is 16.9 Å². The Hall–Kier alpha value is -1.84. The first-order valence-electron chi connectivity index (χ1n) is 8.99. The van der Waals surface area contributed by atoms with E-state index in [1.165, 1.54) is 0 Å². The van der Waals surface area contributed by atoms with E-state index in [2.05, 4.69) is 30.7 Å². The summed E-state index contributed by atoms with van der Waals surface area (Å²) in [5.41, 5.74) is 3.22. The number of hydrogen-bond donors (Lipinski definition) is 2. The van der Waals surface area contributed by atoms with Crippen molar-refractivity contribution in [3.8, 4) is 0 Å². The second kappa shape index (κ2) is 7.59. The molecule has 1 heterocycles. The van der Waals surface area contributed by atoms with Crippen molar-refractivity contribution in [1.82, 2.24) is 0 Å². The molecular formula is C22H26O2S. The van der Waals surface area contributed by atoms with Gasteiger partial charge in [-0.25, -0.2) is 0 Å². The molecule has 3 heteroatoms. The van der Waals surface area contributed by atoms with Gasteiger partial charge in [-0.1, -0.05) is 55.7 Å². The van der Waals surface area contributed by atoms with Gasteiger partial charge in [-0.3, -0.25) is 0 Å². The Morgan fingerprint density at radius 3 is 2.52 bits per heavy atom. The summed E-state index contributed by atoms with van der Waals surface area (Å²) in [6, 6.07) is 11.8. The molecule has 1 aromatic heterocycles. The molecule has 0 amide bonds. The third-order valence-corrected chi connectivity index (χ3v) is 6.01. The number of unbranched alkanes of at least 4 members (excludes halogenated alkanes) is 2. The van der Waals surface area contributed by atoms with Crippen LogP contribution in [0.5, 0.6) is 0 Å². The number of aliphatic hydroxyl groups is 2. The predicted octanol–water partition coefficient (Wildman–Crippen LogP) is 5.86. The van der Waals surface area contributed by atoms with Crippen molar-refractivity contribution in [2.24, 2.45) is 0 Å². The van der Waals surface area contributed by atoms with E-state index in [0.29, 0.717) is 5.57 Å². The van der Waals surface area contributed by atoms with Gasteiger partial charge in [0.2, 0.25) is 0 Å². The van der Waals surface area contributed by atoms with Crippen molar-refractivity contribution < 1.29 is 10.2 Å². The fraction of sp³-hybridized carbons (Fsp3) is 0.364. The molecule has 0 fully saturated rings. The van der Waals surface area contributed by atoms with Crippen LogP contribution in [-0.2, 0) is 5.41 Å². The van der Waals surface area contributed by atoms with E-state index in [1.54, 1.807) is 11.3 Å². The van der Waals surface area contributed by atoms with E-state index in [4.69, 9.17) is 0 Å². The maximum atomic E-state index is 11.4. The minimum Gasteiger partial charge on any atom is -0.508 e. The third-order valence-electron chi connectivity index (χ3n) is 5.33. The van der Waals surface area contributed by atoms with Gasteiger partial charge in [0.25, 0.3) is 0 Å². The van der Waals surface area contributed by atoms with Crippen molar-refractivity contribution in [2.75, 3.05) is 0 Å². The quantitative estimate of drug-likeness (QED) is 0.638. The molecule has 1 aromatic carbocycles. The van der Waals surface area contributed by atoms with Gasteiger partial charge in [0, 0.05) is 11.0 Å². The van der Waals surface area contributed by atoms with Crippen LogP contribution in [0.25, 0.3) is 5.57 Å². The van der Waals surface area contributed by atoms with Crippen molar-refractivity contribution in [2.45, 2.75) is 51.0 Å². The van der Waals surface area contributed by atoms with Gasteiger partial charge in [-0.05, 0) is 53.8 Å². The Morgan fingerprint density at radius 2 is 1.88 bits per heavy atom. The molecule has 0 aliphatic heterocycles. The van der Waals surface area contributed by atoms with Crippen LogP contribution in [0.15, 0.2) is 64.6 Å². The molecule has 2 nitrogen and oxygen atoms in total. The van der Waals surface area contributed by atoms with Crippen molar-refractivity contribution in [3.05, 3.63) is 75.7 Å². The smallest absolute Gasteiger partial charge is 0.122 e. The topological polar surface area (TPSA) is 40.5 Å². The number of benzene rings is 1. The van der Waals surface area contributed by atoms with Crippen LogP contribution in [0, 0.1) is 0 Å². The molecule has 3 rings (SSSR count). The van der Waals surface area contributed by atoms with Crippen LogP contribution >= 0.6 is 11.3 Å². The van der Waals surface area contributed by atoms with Crippen LogP contribution in [0.4, 0.5) is 0 Å². The zero-order valence-corrected chi connectivity index (χ0v) is 15.7. The SMILES string of the molecule is CCCCCC1=CC(O)=C(c2ccccc2)C(O)C1(C)c1ccsc1. The predicted molar refractivity (Wildman–Crippen MR) is 106 cm³/mol. The normalized spacial score (nSPS) is 23.6. The van der Waals surface area contributed by atoms with Crippen molar-refractivity contribution in [3.63, 3.8) is 0 Å².